The van der Waals surface area contributed by atoms with E-state index >= 15 is 4.57 Å². The molecule has 0 heterocycles. The van der Waals surface area contributed by atoms with E-state index in [0.29, 0.717) is 53.2 Å². The number of nitrogens with two attached hydrogens (primary N) is 3. The standard InChI is InChI=1S/C39H51N6O10P/c1-4-7-25-31(43(37(40)49)34(46)28-19-13-10-14-20-28)53-56(52,54-32(26-8-5-2)44(38(41)50)35(47)29-21-15-11-16-22-29)55-33(27-9-6-3)45(39(42)51)36(48)30-23-17-12-18-24-30/h10-24,31-33H,4-9,25-27H2,1-3H3,(H2,40,49)(H2,41,50)(H2,42,51). The van der Waals surface area contributed by atoms with E-state index in [1.165, 1.54) is 36.4 Å². The molecule has 16 nitrogen and oxygen atoms in total. The molecule has 3 aromatic carbocycles. The summed E-state index contributed by atoms with van der Waals surface area (Å²) in [5, 5.41) is 0. The molecule has 6 N–H and O–H groups in total. The first-order valence-electron chi connectivity index (χ1n) is 18.5. The zero-order chi connectivity index (χ0) is 41.3. The van der Waals surface area contributed by atoms with E-state index in [2.05, 4.69) is 0 Å². The third kappa shape index (κ3) is 12.6. The SMILES string of the molecule is CCCCC(OP(=O)(OC(CCCC)N(C(N)=O)C(=O)c1ccccc1)OC(CCCC)N(C(N)=O)C(=O)c1ccccc1)N(C(N)=O)C(=O)c1ccccc1. The van der Waals surface area contributed by atoms with Crippen LogP contribution in [0.1, 0.15) is 110 Å². The molecular formula is C39H51N6O10P. The summed E-state index contributed by atoms with van der Waals surface area (Å²) in [6, 6.07) is 19.1. The van der Waals surface area contributed by atoms with Gasteiger partial charge in [0.15, 0.2) is 18.7 Å². The molecule has 56 heavy (non-hydrogen) atoms. The van der Waals surface area contributed by atoms with Crippen molar-refractivity contribution < 1.29 is 46.9 Å². The Morgan fingerprint density at radius 1 is 0.482 bits per heavy atom. The summed E-state index contributed by atoms with van der Waals surface area (Å²) in [6.07, 6.45) is -3.18. The van der Waals surface area contributed by atoms with Gasteiger partial charge in [0.2, 0.25) is 0 Å². The minimum absolute atomic E-state index is 0.0384. The Morgan fingerprint density at radius 3 is 0.911 bits per heavy atom. The maximum absolute atomic E-state index is 15.5. The molecule has 3 rings (SSSR count). The van der Waals surface area contributed by atoms with Crippen molar-refractivity contribution in [2.75, 3.05) is 0 Å². The molecule has 9 amide bonds. The van der Waals surface area contributed by atoms with Gasteiger partial charge in [-0.3, -0.25) is 28.0 Å². The van der Waals surface area contributed by atoms with Gasteiger partial charge in [-0.1, -0.05) is 94.6 Å². The third-order valence-corrected chi connectivity index (χ3v) is 9.97. The van der Waals surface area contributed by atoms with Gasteiger partial charge in [0.1, 0.15) is 0 Å². The Morgan fingerprint density at radius 2 is 0.714 bits per heavy atom. The number of carbonyl (C=O) groups is 6. The highest BCUT2D eigenvalue weighted by Gasteiger charge is 2.46. The van der Waals surface area contributed by atoms with Crippen LogP contribution >= 0.6 is 7.82 Å². The largest absolute Gasteiger partial charge is 0.480 e. The molecule has 0 aromatic heterocycles. The van der Waals surface area contributed by atoms with E-state index in [9.17, 15) is 28.8 Å². The maximum atomic E-state index is 15.5. The number of amides is 9. The fourth-order valence-corrected chi connectivity index (χ4v) is 7.26. The van der Waals surface area contributed by atoms with Gasteiger partial charge >= 0.3 is 25.9 Å². The van der Waals surface area contributed by atoms with E-state index < -0.39 is 62.3 Å². The zero-order valence-electron chi connectivity index (χ0n) is 31.9. The highest BCUT2D eigenvalue weighted by atomic mass is 31.2. The van der Waals surface area contributed by atoms with Crippen LogP contribution in [0.5, 0.6) is 0 Å². The number of unbranched alkanes of at least 4 members (excludes halogenated alkanes) is 3. The summed E-state index contributed by atoms with van der Waals surface area (Å²) in [5.74, 6) is -2.73. The average molecular weight is 795 g/mol. The Balaban J connectivity index is 2.27. The first-order chi connectivity index (χ1) is 26.8. The van der Waals surface area contributed by atoms with Crippen LogP contribution in [-0.2, 0) is 18.1 Å². The van der Waals surface area contributed by atoms with Crippen LogP contribution in [0.2, 0.25) is 0 Å². The molecule has 0 aliphatic heterocycles. The number of benzene rings is 3. The van der Waals surface area contributed by atoms with Gasteiger partial charge in [0.25, 0.3) is 17.7 Å². The van der Waals surface area contributed by atoms with E-state index in [4.69, 9.17) is 30.8 Å². The Bertz CT molecular complexity index is 1610. The summed E-state index contributed by atoms with van der Waals surface area (Å²) in [4.78, 5) is 82.4. The maximum Gasteiger partial charge on any atom is 0.480 e. The fourth-order valence-electron chi connectivity index (χ4n) is 5.62. The Hall–Kier alpha value is -5.41. The molecule has 302 valence electrons. The lowest BCUT2D eigenvalue weighted by Gasteiger charge is -2.37. The Labute approximate surface area is 326 Å². The van der Waals surface area contributed by atoms with Crippen molar-refractivity contribution in [1.82, 2.24) is 14.7 Å². The molecule has 17 heteroatoms. The topological polar surface area (TPSA) is 235 Å². The summed E-state index contributed by atoms with van der Waals surface area (Å²) >= 11 is 0. The number of imide groups is 3. The molecular weight excluding hydrogens is 743 g/mol. The lowest BCUT2D eigenvalue weighted by molar-refractivity contribution is -0.0492. The molecule has 0 aliphatic rings. The molecule has 0 fully saturated rings. The van der Waals surface area contributed by atoms with Crippen LogP contribution in [0.3, 0.4) is 0 Å². The number of rotatable bonds is 21. The van der Waals surface area contributed by atoms with E-state index in [-0.39, 0.29) is 36.0 Å². The van der Waals surface area contributed by atoms with Crippen molar-refractivity contribution in [2.24, 2.45) is 17.2 Å². The molecule has 0 saturated heterocycles. The molecule has 0 saturated carbocycles. The van der Waals surface area contributed by atoms with Gasteiger partial charge in [-0.15, -0.1) is 0 Å². The number of carbonyl (C=O) groups excluding carboxylic acids is 6. The van der Waals surface area contributed by atoms with E-state index in [0.717, 1.165) is 0 Å². The Kier molecular flexibility index (Phi) is 17.8. The minimum Gasteiger partial charge on any atom is -0.351 e. The van der Waals surface area contributed by atoms with Crippen molar-refractivity contribution in [3.05, 3.63) is 108 Å². The molecule has 3 unspecified atom stereocenters. The lowest BCUT2D eigenvalue weighted by atomic mass is 10.1. The number of nitrogens with zero attached hydrogens (tertiary/aromatic N) is 3. The zero-order valence-corrected chi connectivity index (χ0v) is 32.8. The predicted octanol–water partition coefficient (Wildman–Crippen LogP) is 7.36. The van der Waals surface area contributed by atoms with Crippen LogP contribution < -0.4 is 17.2 Å². The van der Waals surface area contributed by atoms with Gasteiger partial charge in [-0.05, 0) is 74.9 Å². The summed E-state index contributed by atoms with van der Waals surface area (Å²) in [7, 11) is -5.39. The number of hydrogen-bond acceptors (Lipinski definition) is 10. The molecule has 3 aromatic rings. The number of hydrogen-bond donors (Lipinski definition) is 3. The quantitative estimate of drug-likeness (QED) is 0.0716. The number of primary amides is 3. The predicted molar refractivity (Wildman–Crippen MR) is 207 cm³/mol. The van der Waals surface area contributed by atoms with Gasteiger partial charge in [-0.2, -0.15) is 0 Å². The first kappa shape index (κ1) is 45.0. The van der Waals surface area contributed by atoms with Crippen molar-refractivity contribution in [3.63, 3.8) is 0 Å². The number of phosphoric ester groups is 1. The average Bonchev–Trinajstić information content (AvgIpc) is 3.18. The highest BCUT2D eigenvalue weighted by molar-refractivity contribution is 7.48. The van der Waals surface area contributed by atoms with Crippen LogP contribution in [0.4, 0.5) is 14.4 Å². The second kappa shape index (κ2) is 22.2. The molecule has 3 atom stereocenters. The molecule has 0 radical (unpaired) electrons. The second-order valence-electron chi connectivity index (χ2n) is 12.7. The van der Waals surface area contributed by atoms with Gasteiger partial charge in [-0.25, -0.2) is 33.6 Å². The van der Waals surface area contributed by atoms with Gasteiger partial charge < -0.3 is 17.2 Å². The number of urea groups is 3. The van der Waals surface area contributed by atoms with Crippen LogP contribution in [0, 0.1) is 0 Å². The van der Waals surface area contributed by atoms with Crippen LogP contribution in [0.15, 0.2) is 91.0 Å². The summed E-state index contributed by atoms with van der Waals surface area (Å²) in [6.45, 7) is 5.45. The van der Waals surface area contributed by atoms with Crippen LogP contribution in [-0.4, -0.2) is 69.2 Å². The fraction of sp³-hybridized carbons (Fsp3) is 0.385. The lowest BCUT2D eigenvalue weighted by Crippen LogP contribution is -2.51. The molecule has 0 bridgehead atoms. The van der Waals surface area contributed by atoms with Crippen molar-refractivity contribution in [3.8, 4) is 0 Å². The van der Waals surface area contributed by atoms with Crippen LogP contribution in [0.25, 0.3) is 0 Å². The number of phosphoric acid groups is 1. The smallest absolute Gasteiger partial charge is 0.351 e. The molecule has 0 spiro atoms. The highest BCUT2D eigenvalue weighted by Crippen LogP contribution is 2.55. The van der Waals surface area contributed by atoms with E-state index in [1.807, 2.05) is 20.8 Å². The second-order valence-corrected chi connectivity index (χ2v) is 14.2. The third-order valence-electron chi connectivity index (χ3n) is 8.46. The summed E-state index contributed by atoms with van der Waals surface area (Å²) in [5.41, 5.74) is 17.4. The van der Waals surface area contributed by atoms with Gasteiger partial charge in [0.05, 0.1) is 0 Å². The monoisotopic (exact) mass is 794 g/mol. The van der Waals surface area contributed by atoms with E-state index in [1.54, 1.807) is 54.6 Å². The van der Waals surface area contributed by atoms with Crippen molar-refractivity contribution in [1.29, 1.82) is 0 Å². The van der Waals surface area contributed by atoms with Gasteiger partial charge in [0, 0.05) is 16.7 Å². The first-order valence-corrected chi connectivity index (χ1v) is 19.9. The minimum atomic E-state index is -5.39. The molecule has 0 aliphatic carbocycles. The van der Waals surface area contributed by atoms with Crippen molar-refractivity contribution >= 4 is 43.6 Å². The normalized spacial score (nSPS) is 13.7. The summed E-state index contributed by atoms with van der Waals surface area (Å²) < 4.78 is 33.7. The van der Waals surface area contributed by atoms with Crippen molar-refractivity contribution in [2.45, 2.75) is 97.2 Å².